The Morgan fingerprint density at radius 1 is 1.70 bits per heavy atom. The lowest BCUT2D eigenvalue weighted by Gasteiger charge is -2.34. The van der Waals surface area contributed by atoms with Gasteiger partial charge in [-0.3, -0.25) is 0 Å². The topological polar surface area (TPSA) is 29.5 Å². The smallest absolute Gasteiger partial charge is 0.0547 e. The zero-order valence-corrected chi connectivity index (χ0v) is 6.76. The third kappa shape index (κ3) is 1.70. The van der Waals surface area contributed by atoms with Crippen LogP contribution in [0.3, 0.4) is 0 Å². The van der Waals surface area contributed by atoms with E-state index in [1.165, 1.54) is 0 Å². The molecule has 0 aromatic carbocycles. The molecule has 0 aliphatic carbocycles. The summed E-state index contributed by atoms with van der Waals surface area (Å²) in [4.78, 5) is 0. The van der Waals surface area contributed by atoms with Crippen LogP contribution in [0.4, 0.5) is 0 Å². The molecule has 2 heteroatoms. The van der Waals surface area contributed by atoms with Gasteiger partial charge in [0.05, 0.1) is 19.3 Å². The van der Waals surface area contributed by atoms with Crippen LogP contribution < -0.4 is 0 Å². The number of aliphatic hydroxyl groups is 1. The Morgan fingerprint density at radius 3 is 2.80 bits per heavy atom. The van der Waals surface area contributed by atoms with Gasteiger partial charge in [0, 0.05) is 5.41 Å². The minimum absolute atomic E-state index is 0.0342. The van der Waals surface area contributed by atoms with Crippen molar-refractivity contribution in [3.63, 3.8) is 0 Å². The molecule has 1 rings (SSSR count). The van der Waals surface area contributed by atoms with Crippen molar-refractivity contribution in [1.82, 2.24) is 0 Å². The van der Waals surface area contributed by atoms with Crippen LogP contribution in [0.5, 0.6) is 0 Å². The standard InChI is InChI=1S/C8H16O2/c1-7-3-4-8(2,5-9)6-10-7/h7,9H,3-6H2,1-2H3. The normalized spacial score (nSPS) is 41.7. The molecule has 0 amide bonds. The Kier molecular flexibility index (Phi) is 2.32. The van der Waals surface area contributed by atoms with Gasteiger partial charge in [0.15, 0.2) is 0 Å². The molecule has 60 valence electrons. The van der Waals surface area contributed by atoms with Crippen molar-refractivity contribution in [3.05, 3.63) is 0 Å². The maximum Gasteiger partial charge on any atom is 0.0547 e. The molecule has 0 radical (unpaired) electrons. The summed E-state index contributed by atoms with van der Waals surface area (Å²) in [6.45, 7) is 5.11. The fourth-order valence-electron chi connectivity index (χ4n) is 1.18. The predicted octanol–water partition coefficient (Wildman–Crippen LogP) is 1.18. The fourth-order valence-corrected chi connectivity index (χ4v) is 1.18. The van der Waals surface area contributed by atoms with Crippen LogP contribution >= 0.6 is 0 Å². The van der Waals surface area contributed by atoms with Gasteiger partial charge in [-0.25, -0.2) is 0 Å². The maximum atomic E-state index is 8.96. The van der Waals surface area contributed by atoms with E-state index in [4.69, 9.17) is 9.84 Å². The minimum Gasteiger partial charge on any atom is -0.396 e. The highest BCUT2D eigenvalue weighted by Crippen LogP contribution is 2.29. The van der Waals surface area contributed by atoms with E-state index < -0.39 is 0 Å². The quantitative estimate of drug-likeness (QED) is 0.599. The van der Waals surface area contributed by atoms with E-state index in [2.05, 4.69) is 13.8 Å². The molecule has 1 N–H and O–H groups in total. The van der Waals surface area contributed by atoms with Crippen molar-refractivity contribution in [2.75, 3.05) is 13.2 Å². The van der Waals surface area contributed by atoms with Crippen LogP contribution in [0, 0.1) is 5.41 Å². The van der Waals surface area contributed by atoms with Crippen molar-refractivity contribution in [2.45, 2.75) is 32.8 Å². The van der Waals surface area contributed by atoms with Crippen molar-refractivity contribution in [1.29, 1.82) is 0 Å². The first-order valence-corrected chi connectivity index (χ1v) is 3.89. The summed E-state index contributed by atoms with van der Waals surface area (Å²) in [6, 6.07) is 0. The summed E-state index contributed by atoms with van der Waals surface area (Å²) < 4.78 is 5.42. The molecular weight excluding hydrogens is 128 g/mol. The molecule has 2 nitrogen and oxygen atoms in total. The van der Waals surface area contributed by atoms with E-state index in [0.717, 1.165) is 12.8 Å². The Morgan fingerprint density at radius 2 is 2.40 bits per heavy atom. The second-order valence-corrected chi connectivity index (χ2v) is 3.63. The van der Waals surface area contributed by atoms with E-state index in [0.29, 0.717) is 12.7 Å². The summed E-state index contributed by atoms with van der Waals surface area (Å²) in [5.74, 6) is 0. The minimum atomic E-state index is 0.0342. The molecule has 10 heavy (non-hydrogen) atoms. The lowest BCUT2D eigenvalue weighted by molar-refractivity contribution is -0.0669. The Labute approximate surface area is 62.2 Å². The second-order valence-electron chi connectivity index (χ2n) is 3.63. The molecule has 1 aliphatic rings. The Hall–Kier alpha value is -0.0800. The van der Waals surface area contributed by atoms with Gasteiger partial charge in [-0.15, -0.1) is 0 Å². The van der Waals surface area contributed by atoms with Crippen LogP contribution in [0.15, 0.2) is 0 Å². The van der Waals surface area contributed by atoms with Gasteiger partial charge in [0.25, 0.3) is 0 Å². The molecule has 1 aliphatic heterocycles. The van der Waals surface area contributed by atoms with Gasteiger partial charge in [-0.2, -0.15) is 0 Å². The highest BCUT2D eigenvalue weighted by molar-refractivity contribution is 4.78. The first-order chi connectivity index (χ1) is 4.66. The van der Waals surface area contributed by atoms with E-state index >= 15 is 0 Å². The molecular formula is C8H16O2. The number of rotatable bonds is 1. The molecule has 0 bridgehead atoms. The van der Waals surface area contributed by atoms with Gasteiger partial charge in [-0.1, -0.05) is 6.92 Å². The summed E-state index contributed by atoms with van der Waals surface area (Å²) in [5, 5.41) is 8.96. The fraction of sp³-hybridized carbons (Fsp3) is 1.00. The molecule has 2 atom stereocenters. The zero-order chi connectivity index (χ0) is 7.61. The van der Waals surface area contributed by atoms with E-state index in [1.54, 1.807) is 0 Å². The van der Waals surface area contributed by atoms with E-state index in [9.17, 15) is 0 Å². The second kappa shape index (κ2) is 2.89. The third-order valence-electron chi connectivity index (χ3n) is 2.25. The molecule has 2 unspecified atom stereocenters. The number of ether oxygens (including phenoxy) is 1. The molecule has 0 spiro atoms. The molecule has 0 aromatic heterocycles. The maximum absolute atomic E-state index is 8.96. The van der Waals surface area contributed by atoms with Crippen LogP contribution in [-0.4, -0.2) is 24.4 Å². The molecule has 1 heterocycles. The Bertz CT molecular complexity index is 104. The highest BCUT2D eigenvalue weighted by Gasteiger charge is 2.29. The lowest BCUT2D eigenvalue weighted by Crippen LogP contribution is -2.35. The number of hydrogen-bond acceptors (Lipinski definition) is 2. The van der Waals surface area contributed by atoms with Gasteiger partial charge in [0.1, 0.15) is 0 Å². The monoisotopic (exact) mass is 144 g/mol. The van der Waals surface area contributed by atoms with E-state index in [1.807, 2.05) is 0 Å². The van der Waals surface area contributed by atoms with Crippen LogP contribution in [0.1, 0.15) is 26.7 Å². The predicted molar refractivity (Wildman–Crippen MR) is 39.8 cm³/mol. The molecule has 1 fully saturated rings. The van der Waals surface area contributed by atoms with Crippen molar-refractivity contribution in [3.8, 4) is 0 Å². The molecule has 0 saturated carbocycles. The summed E-state index contributed by atoms with van der Waals surface area (Å²) in [5.41, 5.74) is 0.0342. The summed E-state index contributed by atoms with van der Waals surface area (Å²) >= 11 is 0. The molecule has 1 saturated heterocycles. The SMILES string of the molecule is CC1CCC(C)(CO)CO1. The highest BCUT2D eigenvalue weighted by atomic mass is 16.5. The van der Waals surface area contributed by atoms with Gasteiger partial charge in [-0.05, 0) is 19.8 Å². The van der Waals surface area contributed by atoms with Crippen LogP contribution in [-0.2, 0) is 4.74 Å². The lowest BCUT2D eigenvalue weighted by atomic mass is 9.84. The molecule has 0 aromatic rings. The first kappa shape index (κ1) is 8.02. The van der Waals surface area contributed by atoms with Gasteiger partial charge < -0.3 is 9.84 Å². The van der Waals surface area contributed by atoms with Gasteiger partial charge in [0.2, 0.25) is 0 Å². The third-order valence-corrected chi connectivity index (χ3v) is 2.25. The van der Waals surface area contributed by atoms with Gasteiger partial charge >= 0.3 is 0 Å². The van der Waals surface area contributed by atoms with Crippen molar-refractivity contribution < 1.29 is 9.84 Å². The largest absolute Gasteiger partial charge is 0.396 e. The number of aliphatic hydroxyl groups excluding tert-OH is 1. The summed E-state index contributed by atoms with van der Waals surface area (Å²) in [7, 11) is 0. The first-order valence-electron chi connectivity index (χ1n) is 3.89. The van der Waals surface area contributed by atoms with Crippen LogP contribution in [0.2, 0.25) is 0 Å². The Balaban J connectivity index is 2.38. The van der Waals surface area contributed by atoms with Crippen molar-refractivity contribution >= 4 is 0 Å². The number of hydrogen-bond donors (Lipinski definition) is 1. The zero-order valence-electron chi connectivity index (χ0n) is 6.76. The average Bonchev–Trinajstić information content (AvgIpc) is 1.96. The van der Waals surface area contributed by atoms with Crippen molar-refractivity contribution in [2.24, 2.45) is 5.41 Å². The average molecular weight is 144 g/mol. The van der Waals surface area contributed by atoms with Crippen LogP contribution in [0.25, 0.3) is 0 Å². The van der Waals surface area contributed by atoms with E-state index in [-0.39, 0.29) is 12.0 Å². The summed E-state index contributed by atoms with van der Waals surface area (Å²) in [6.07, 6.45) is 2.56.